The van der Waals surface area contributed by atoms with Crippen molar-refractivity contribution in [2.24, 2.45) is 0 Å². The Morgan fingerprint density at radius 3 is 1.14 bits per heavy atom. The van der Waals surface area contributed by atoms with Crippen LogP contribution in [0.4, 0.5) is 0 Å². The molecule has 0 aliphatic carbocycles. The maximum absolute atomic E-state index is 8.88. The van der Waals surface area contributed by atoms with E-state index < -0.39 is 7.82 Å². The first-order chi connectivity index (χ1) is 2.00. The maximum Gasteiger partial charge on any atom is 0.466 e. The molecule has 0 saturated carbocycles. The van der Waals surface area contributed by atoms with E-state index in [9.17, 15) is 0 Å². The molecule has 0 atom stereocenters. The van der Waals surface area contributed by atoms with Gasteiger partial charge in [-0.25, -0.2) is 4.57 Å². The van der Waals surface area contributed by atoms with Crippen LogP contribution in [0.5, 0.6) is 0 Å². The zero-order chi connectivity index (χ0) is 4.50. The number of hydrogen-bond acceptors (Lipinski definition) is 1. The quantitative estimate of drug-likeness (QED) is 0.298. The summed E-state index contributed by atoms with van der Waals surface area (Å²) >= 11 is 0. The van der Waals surface area contributed by atoms with Crippen molar-refractivity contribution in [1.29, 1.82) is 0 Å². The molecule has 41 valence electrons. The van der Waals surface area contributed by atoms with Gasteiger partial charge in [0.15, 0.2) is 0 Å². The first kappa shape index (κ1) is 15.8. The van der Waals surface area contributed by atoms with Crippen LogP contribution < -0.4 is 0 Å². The Hall–Kier alpha value is 1.46. The van der Waals surface area contributed by atoms with Gasteiger partial charge in [0.05, 0.1) is 0 Å². The van der Waals surface area contributed by atoms with Crippen LogP contribution in [-0.4, -0.2) is 37.7 Å². The minimum Gasteiger partial charge on any atom is -0.303 e. The molecular formula is H5MgO4PV. The van der Waals surface area contributed by atoms with E-state index >= 15 is 0 Å². The summed E-state index contributed by atoms with van der Waals surface area (Å²) in [5.74, 6) is 0. The van der Waals surface area contributed by atoms with Crippen molar-refractivity contribution in [3.05, 3.63) is 0 Å². The molecule has 0 saturated heterocycles. The molecule has 0 spiro atoms. The van der Waals surface area contributed by atoms with Crippen LogP contribution in [0.15, 0.2) is 0 Å². The van der Waals surface area contributed by atoms with Crippen molar-refractivity contribution in [2.75, 3.05) is 0 Å². The summed E-state index contributed by atoms with van der Waals surface area (Å²) in [4.78, 5) is 21.6. The minimum absolute atomic E-state index is 0. The number of rotatable bonds is 0. The molecule has 4 nitrogen and oxygen atoms in total. The van der Waals surface area contributed by atoms with Gasteiger partial charge in [0, 0.05) is 18.6 Å². The molecule has 0 aromatic rings. The predicted molar refractivity (Wildman–Crippen MR) is 22.8 cm³/mol. The fourth-order valence-corrected chi connectivity index (χ4v) is 0. The van der Waals surface area contributed by atoms with Crippen molar-refractivity contribution in [3.8, 4) is 0 Å². The standard InChI is InChI=1S/Mg.H3O4P.V.2H/c;1-5(2,3)4;;;/h;(H3,1,2,3,4);;;. The van der Waals surface area contributed by atoms with E-state index in [-0.39, 0.29) is 41.6 Å². The molecule has 0 aliphatic heterocycles. The van der Waals surface area contributed by atoms with E-state index in [1.807, 2.05) is 0 Å². The van der Waals surface area contributed by atoms with Crippen molar-refractivity contribution in [3.63, 3.8) is 0 Å². The largest absolute Gasteiger partial charge is 0.466 e. The van der Waals surface area contributed by atoms with E-state index in [4.69, 9.17) is 19.2 Å². The Bertz CT molecular complexity index is 57.8. The van der Waals surface area contributed by atoms with Gasteiger partial charge in [0.1, 0.15) is 0 Å². The van der Waals surface area contributed by atoms with Crippen molar-refractivity contribution >= 4 is 30.9 Å². The molecule has 0 rings (SSSR count). The Kier molecular flexibility index (Phi) is 12.6. The zero-order valence-corrected chi connectivity index (χ0v) is 4.94. The van der Waals surface area contributed by atoms with Crippen LogP contribution in [0.3, 0.4) is 0 Å². The van der Waals surface area contributed by atoms with Crippen LogP contribution >= 0.6 is 7.82 Å². The van der Waals surface area contributed by atoms with Crippen LogP contribution in [-0.2, 0) is 23.1 Å². The smallest absolute Gasteiger partial charge is 0.303 e. The fourth-order valence-electron chi connectivity index (χ4n) is 0. The third-order valence-electron chi connectivity index (χ3n) is 0. The molecule has 0 bridgehead atoms. The van der Waals surface area contributed by atoms with E-state index in [0.29, 0.717) is 0 Å². The summed E-state index contributed by atoms with van der Waals surface area (Å²) in [6.07, 6.45) is 0. The monoisotopic (exact) mass is 175 g/mol. The average molecular weight is 175 g/mol. The van der Waals surface area contributed by atoms with Gasteiger partial charge in [-0.1, -0.05) is 0 Å². The second kappa shape index (κ2) is 5.59. The summed E-state index contributed by atoms with van der Waals surface area (Å²) < 4.78 is 8.88. The zero-order valence-electron chi connectivity index (χ0n) is 2.64. The molecule has 1 radical (unpaired) electrons. The third-order valence-corrected chi connectivity index (χ3v) is 0. The molecule has 0 amide bonds. The molecule has 0 aromatic heterocycles. The van der Waals surface area contributed by atoms with Gasteiger partial charge in [-0.2, -0.15) is 0 Å². The van der Waals surface area contributed by atoms with Crippen LogP contribution in [0.25, 0.3) is 0 Å². The van der Waals surface area contributed by atoms with Crippen molar-refractivity contribution in [2.45, 2.75) is 0 Å². The maximum atomic E-state index is 8.88. The fraction of sp³-hybridized carbons (Fsp3) is 0. The van der Waals surface area contributed by atoms with Gasteiger partial charge in [-0.15, -0.1) is 0 Å². The minimum atomic E-state index is -4.64. The van der Waals surface area contributed by atoms with Gasteiger partial charge in [0.25, 0.3) is 0 Å². The Balaban J connectivity index is -0.0000000800. The van der Waals surface area contributed by atoms with Crippen LogP contribution in [0, 0.1) is 0 Å². The van der Waals surface area contributed by atoms with E-state index in [1.54, 1.807) is 0 Å². The molecule has 0 unspecified atom stereocenters. The SMILES string of the molecule is O=P(O)(O)O.[MgH2].[V]. The van der Waals surface area contributed by atoms with Gasteiger partial charge in [0.2, 0.25) is 0 Å². The molecule has 3 N–H and O–H groups in total. The summed E-state index contributed by atoms with van der Waals surface area (Å²) in [6, 6.07) is 0. The first-order valence-electron chi connectivity index (χ1n) is 0.783. The second-order valence-electron chi connectivity index (χ2n) is 0.513. The van der Waals surface area contributed by atoms with Gasteiger partial charge >= 0.3 is 30.9 Å². The summed E-state index contributed by atoms with van der Waals surface area (Å²) in [6.45, 7) is 0. The number of phosphoric acid groups is 1. The van der Waals surface area contributed by atoms with Crippen LogP contribution in [0.1, 0.15) is 0 Å². The summed E-state index contributed by atoms with van der Waals surface area (Å²) in [5.41, 5.74) is 0. The van der Waals surface area contributed by atoms with E-state index in [1.165, 1.54) is 0 Å². The van der Waals surface area contributed by atoms with Gasteiger partial charge in [-0.05, 0) is 0 Å². The Labute approximate surface area is 68.6 Å². The topological polar surface area (TPSA) is 77.8 Å². The van der Waals surface area contributed by atoms with Crippen LogP contribution in [0.2, 0.25) is 0 Å². The Morgan fingerprint density at radius 2 is 1.14 bits per heavy atom. The average Bonchev–Trinajstić information content (AvgIpc) is 0.722. The van der Waals surface area contributed by atoms with Gasteiger partial charge in [-0.3, -0.25) is 0 Å². The molecule has 7 heteroatoms. The molecule has 7 heavy (non-hydrogen) atoms. The summed E-state index contributed by atoms with van der Waals surface area (Å²) in [5, 5.41) is 0. The molecule has 0 heterocycles. The molecule has 0 fully saturated rings. The van der Waals surface area contributed by atoms with E-state index in [0.717, 1.165) is 0 Å². The number of hydrogen-bond donors (Lipinski definition) is 3. The molecule has 0 aromatic carbocycles. The van der Waals surface area contributed by atoms with E-state index in [2.05, 4.69) is 0 Å². The van der Waals surface area contributed by atoms with Crippen molar-refractivity contribution in [1.82, 2.24) is 0 Å². The normalized spacial score (nSPS) is 8.43. The molecular weight excluding hydrogens is 170 g/mol. The summed E-state index contributed by atoms with van der Waals surface area (Å²) in [7, 11) is -4.64. The van der Waals surface area contributed by atoms with Crippen molar-refractivity contribution < 1.29 is 37.8 Å². The predicted octanol–water partition coefficient (Wildman–Crippen LogP) is -1.85. The second-order valence-corrected chi connectivity index (χ2v) is 1.54. The molecule has 0 aliphatic rings. The van der Waals surface area contributed by atoms with Gasteiger partial charge < -0.3 is 14.7 Å². The first-order valence-corrected chi connectivity index (χ1v) is 2.35. The third kappa shape index (κ3) is 104. The Morgan fingerprint density at radius 1 is 1.14 bits per heavy atom.